The van der Waals surface area contributed by atoms with Crippen molar-refractivity contribution in [2.24, 2.45) is 11.7 Å². The van der Waals surface area contributed by atoms with Gasteiger partial charge in [-0.2, -0.15) is 0 Å². The maximum absolute atomic E-state index is 11.1. The molecular formula is C14H22ClNO3. The van der Waals surface area contributed by atoms with E-state index < -0.39 is 18.1 Å². The molecule has 19 heavy (non-hydrogen) atoms. The summed E-state index contributed by atoms with van der Waals surface area (Å²) >= 11 is 0. The monoisotopic (exact) mass is 287 g/mol. The smallest absolute Gasteiger partial charge is 0.336 e. The highest BCUT2D eigenvalue weighted by atomic mass is 35.5. The zero-order chi connectivity index (χ0) is 13.7. The Morgan fingerprint density at radius 2 is 1.84 bits per heavy atom. The summed E-state index contributed by atoms with van der Waals surface area (Å²) in [5, 5.41) is 19.1. The number of rotatable bonds is 6. The molecule has 108 valence electrons. The lowest BCUT2D eigenvalue weighted by Gasteiger charge is -2.21. The van der Waals surface area contributed by atoms with Crippen molar-refractivity contribution in [3.05, 3.63) is 35.4 Å². The van der Waals surface area contributed by atoms with Gasteiger partial charge in [-0.05, 0) is 30.4 Å². The summed E-state index contributed by atoms with van der Waals surface area (Å²) in [6, 6.07) is 5.90. The van der Waals surface area contributed by atoms with E-state index in [0.717, 1.165) is 6.42 Å². The summed E-state index contributed by atoms with van der Waals surface area (Å²) in [5.74, 6) is -0.529. The average Bonchev–Trinajstić information content (AvgIpc) is 2.34. The van der Waals surface area contributed by atoms with Gasteiger partial charge >= 0.3 is 5.97 Å². The first kappa shape index (κ1) is 17.9. The van der Waals surface area contributed by atoms with Crippen LogP contribution in [0.4, 0.5) is 0 Å². The predicted octanol–water partition coefficient (Wildman–Crippen LogP) is 2.60. The molecular weight excluding hydrogens is 266 g/mol. The molecule has 0 fully saturated rings. The second-order valence-corrected chi connectivity index (χ2v) is 4.96. The maximum Gasteiger partial charge on any atom is 0.336 e. The number of halogens is 1. The van der Waals surface area contributed by atoms with Gasteiger partial charge in [0.2, 0.25) is 0 Å². The van der Waals surface area contributed by atoms with E-state index in [1.807, 2.05) is 0 Å². The van der Waals surface area contributed by atoms with Crippen molar-refractivity contribution in [1.29, 1.82) is 0 Å². The number of carboxylic acids is 1. The van der Waals surface area contributed by atoms with Crippen molar-refractivity contribution >= 4 is 18.4 Å². The van der Waals surface area contributed by atoms with E-state index in [4.69, 9.17) is 10.8 Å². The molecule has 0 saturated carbocycles. The minimum Gasteiger partial charge on any atom is -0.478 e. The summed E-state index contributed by atoms with van der Waals surface area (Å²) in [7, 11) is 0. The average molecular weight is 288 g/mol. The number of aliphatic hydroxyl groups is 1. The Balaban J connectivity index is 0.00000324. The second-order valence-electron chi connectivity index (χ2n) is 4.96. The first-order valence-corrected chi connectivity index (χ1v) is 6.19. The molecule has 0 amide bonds. The molecule has 0 aliphatic rings. The van der Waals surface area contributed by atoms with Crippen LogP contribution in [-0.2, 0) is 0 Å². The molecule has 0 radical (unpaired) electrons. The third kappa shape index (κ3) is 5.19. The van der Waals surface area contributed by atoms with E-state index >= 15 is 0 Å². The van der Waals surface area contributed by atoms with Gasteiger partial charge in [-0.1, -0.05) is 32.0 Å². The van der Waals surface area contributed by atoms with Crippen LogP contribution < -0.4 is 5.73 Å². The number of aliphatic hydroxyl groups excluding tert-OH is 1. The van der Waals surface area contributed by atoms with Crippen molar-refractivity contribution in [2.75, 3.05) is 0 Å². The SMILES string of the molecule is CC(C)CC[C@H](O)[C@H](N)c1ccccc1C(=O)O.Cl. The number of benzene rings is 1. The van der Waals surface area contributed by atoms with Crippen molar-refractivity contribution in [1.82, 2.24) is 0 Å². The van der Waals surface area contributed by atoms with Gasteiger partial charge in [0.1, 0.15) is 0 Å². The molecule has 5 heteroatoms. The Labute approximate surface area is 120 Å². The summed E-state index contributed by atoms with van der Waals surface area (Å²) in [4.78, 5) is 11.1. The summed E-state index contributed by atoms with van der Waals surface area (Å²) < 4.78 is 0. The molecule has 1 aromatic rings. The molecule has 0 heterocycles. The van der Waals surface area contributed by atoms with E-state index in [2.05, 4.69) is 13.8 Å². The van der Waals surface area contributed by atoms with Crippen LogP contribution in [0.3, 0.4) is 0 Å². The van der Waals surface area contributed by atoms with Crippen molar-refractivity contribution in [2.45, 2.75) is 38.8 Å². The molecule has 0 bridgehead atoms. The predicted molar refractivity (Wildman–Crippen MR) is 77.7 cm³/mol. The molecule has 0 aliphatic carbocycles. The first-order valence-electron chi connectivity index (χ1n) is 6.19. The fourth-order valence-corrected chi connectivity index (χ4v) is 1.87. The van der Waals surface area contributed by atoms with Crippen LogP contribution in [0.2, 0.25) is 0 Å². The van der Waals surface area contributed by atoms with Crippen molar-refractivity contribution in [3.8, 4) is 0 Å². The Kier molecular flexibility index (Phi) is 7.68. The van der Waals surface area contributed by atoms with Gasteiger partial charge in [-0.3, -0.25) is 0 Å². The van der Waals surface area contributed by atoms with Gasteiger partial charge in [0.05, 0.1) is 17.7 Å². The molecule has 2 atom stereocenters. The molecule has 0 aliphatic heterocycles. The lowest BCUT2D eigenvalue weighted by atomic mass is 9.93. The van der Waals surface area contributed by atoms with Gasteiger partial charge in [0.25, 0.3) is 0 Å². The molecule has 0 unspecified atom stereocenters. The standard InChI is InChI=1S/C14H21NO3.ClH/c1-9(2)7-8-12(16)13(15)10-5-3-4-6-11(10)14(17)18;/h3-6,9,12-13,16H,7-8,15H2,1-2H3,(H,17,18);1H/t12-,13+;/m0./s1. The van der Waals surface area contributed by atoms with Gasteiger partial charge in [0, 0.05) is 0 Å². The number of aromatic carboxylic acids is 1. The first-order chi connectivity index (χ1) is 8.43. The van der Waals surface area contributed by atoms with Crippen LogP contribution in [0.25, 0.3) is 0 Å². The highest BCUT2D eigenvalue weighted by Gasteiger charge is 2.21. The topological polar surface area (TPSA) is 83.5 Å². The zero-order valence-corrected chi connectivity index (χ0v) is 12.1. The van der Waals surface area contributed by atoms with Gasteiger partial charge in [0.15, 0.2) is 0 Å². The van der Waals surface area contributed by atoms with Gasteiger partial charge in [-0.15, -0.1) is 12.4 Å². The van der Waals surface area contributed by atoms with Crippen LogP contribution in [-0.4, -0.2) is 22.3 Å². The molecule has 4 N–H and O–H groups in total. The summed E-state index contributed by atoms with van der Waals surface area (Å²) in [6.07, 6.45) is 0.726. The summed E-state index contributed by atoms with van der Waals surface area (Å²) in [6.45, 7) is 4.15. The number of nitrogens with two attached hydrogens (primary N) is 1. The number of carbonyl (C=O) groups is 1. The molecule has 4 nitrogen and oxygen atoms in total. The summed E-state index contributed by atoms with van der Waals surface area (Å²) in [5.41, 5.74) is 6.60. The van der Waals surface area contributed by atoms with Gasteiger partial charge in [-0.25, -0.2) is 4.79 Å². The lowest BCUT2D eigenvalue weighted by Crippen LogP contribution is -2.28. The van der Waals surface area contributed by atoms with Crippen LogP contribution >= 0.6 is 12.4 Å². The molecule has 0 saturated heterocycles. The lowest BCUT2D eigenvalue weighted by molar-refractivity contribution is 0.0692. The molecule has 1 rings (SSSR count). The third-order valence-corrected chi connectivity index (χ3v) is 3.00. The Hall–Kier alpha value is -1.10. The van der Waals surface area contributed by atoms with E-state index in [-0.39, 0.29) is 18.0 Å². The molecule has 1 aromatic carbocycles. The fourth-order valence-electron chi connectivity index (χ4n) is 1.87. The normalized spacial score (nSPS) is 13.7. The minimum absolute atomic E-state index is 0. The number of hydrogen-bond donors (Lipinski definition) is 3. The fraction of sp³-hybridized carbons (Fsp3) is 0.500. The number of carboxylic acid groups (broad SMARTS) is 1. The van der Waals surface area contributed by atoms with E-state index in [1.165, 1.54) is 6.07 Å². The van der Waals surface area contributed by atoms with Crippen molar-refractivity contribution < 1.29 is 15.0 Å². The quantitative estimate of drug-likeness (QED) is 0.751. The third-order valence-electron chi connectivity index (χ3n) is 3.00. The second kappa shape index (κ2) is 8.15. The highest BCUT2D eigenvalue weighted by Crippen LogP contribution is 2.22. The van der Waals surface area contributed by atoms with Gasteiger partial charge < -0.3 is 15.9 Å². The maximum atomic E-state index is 11.1. The van der Waals surface area contributed by atoms with Crippen LogP contribution in [0, 0.1) is 5.92 Å². The van der Waals surface area contributed by atoms with E-state index in [1.54, 1.807) is 18.2 Å². The molecule has 0 aromatic heterocycles. The Morgan fingerprint density at radius 1 is 1.26 bits per heavy atom. The van der Waals surface area contributed by atoms with E-state index in [0.29, 0.717) is 17.9 Å². The van der Waals surface area contributed by atoms with Crippen LogP contribution in [0.15, 0.2) is 24.3 Å². The van der Waals surface area contributed by atoms with Crippen LogP contribution in [0.1, 0.15) is 48.7 Å². The highest BCUT2D eigenvalue weighted by molar-refractivity contribution is 5.89. The largest absolute Gasteiger partial charge is 0.478 e. The minimum atomic E-state index is -1.02. The Bertz CT molecular complexity index is 409. The van der Waals surface area contributed by atoms with E-state index in [9.17, 15) is 9.90 Å². The zero-order valence-electron chi connectivity index (χ0n) is 11.2. The van der Waals surface area contributed by atoms with Crippen molar-refractivity contribution in [3.63, 3.8) is 0 Å². The molecule has 0 spiro atoms. The Morgan fingerprint density at radius 3 is 2.37 bits per heavy atom. The van der Waals surface area contributed by atoms with Crippen LogP contribution in [0.5, 0.6) is 0 Å². The number of hydrogen-bond acceptors (Lipinski definition) is 3.